The Balaban J connectivity index is 2.36. The summed E-state index contributed by atoms with van der Waals surface area (Å²) in [4.78, 5) is 12.5. The number of anilines is 1. The van der Waals surface area contributed by atoms with Crippen LogP contribution in [0.15, 0.2) is 42.5 Å². The lowest BCUT2D eigenvalue weighted by molar-refractivity contribution is -0.137. The van der Waals surface area contributed by atoms with E-state index < -0.39 is 17.6 Å². The predicted molar refractivity (Wildman–Crippen MR) is 84.8 cm³/mol. The van der Waals surface area contributed by atoms with Gasteiger partial charge in [-0.3, -0.25) is 4.79 Å². The molecule has 0 fully saturated rings. The van der Waals surface area contributed by atoms with Crippen LogP contribution >= 0.6 is 0 Å². The standard InChI is InChI=1S/C17H17F3N2O2/c1-3-11-7-12(9-15(8-11)24-2)16(23)22(21)14-6-4-5-13(10-14)17(18,19)20/h4-10H,3,21H2,1-2H3. The third kappa shape index (κ3) is 3.86. The number of carbonyl (C=O) groups excluding carboxylic acids is 1. The number of hydrogen-bond donors (Lipinski definition) is 1. The van der Waals surface area contributed by atoms with Gasteiger partial charge in [-0.05, 0) is 48.4 Å². The van der Waals surface area contributed by atoms with Crippen LogP contribution in [0, 0.1) is 0 Å². The molecule has 4 nitrogen and oxygen atoms in total. The van der Waals surface area contributed by atoms with Crippen molar-refractivity contribution in [2.24, 2.45) is 5.84 Å². The van der Waals surface area contributed by atoms with Gasteiger partial charge in [-0.15, -0.1) is 0 Å². The van der Waals surface area contributed by atoms with E-state index in [1.54, 1.807) is 12.1 Å². The Kier molecular flexibility index (Phi) is 5.14. The number of nitrogens with two attached hydrogens (primary N) is 1. The first-order valence-corrected chi connectivity index (χ1v) is 7.20. The van der Waals surface area contributed by atoms with Crippen LogP contribution < -0.4 is 15.6 Å². The molecule has 0 unspecified atom stereocenters. The van der Waals surface area contributed by atoms with Crippen LogP contribution in [-0.2, 0) is 12.6 Å². The van der Waals surface area contributed by atoms with E-state index in [1.807, 2.05) is 6.92 Å². The fraction of sp³-hybridized carbons (Fsp3) is 0.235. The number of hydrazine groups is 1. The summed E-state index contributed by atoms with van der Waals surface area (Å²) < 4.78 is 43.5. The fourth-order valence-corrected chi connectivity index (χ4v) is 2.19. The maximum absolute atomic E-state index is 12.8. The molecular formula is C17H17F3N2O2. The Morgan fingerprint density at radius 3 is 2.50 bits per heavy atom. The molecule has 0 aliphatic carbocycles. The van der Waals surface area contributed by atoms with Gasteiger partial charge < -0.3 is 4.74 Å². The molecule has 0 heterocycles. The smallest absolute Gasteiger partial charge is 0.416 e. The highest BCUT2D eigenvalue weighted by Gasteiger charge is 2.31. The third-order valence-corrected chi connectivity index (χ3v) is 3.53. The Hall–Kier alpha value is -2.54. The van der Waals surface area contributed by atoms with E-state index in [0.717, 1.165) is 17.7 Å². The lowest BCUT2D eigenvalue weighted by Gasteiger charge is -2.19. The van der Waals surface area contributed by atoms with E-state index in [1.165, 1.54) is 25.3 Å². The molecule has 2 rings (SSSR count). The molecule has 0 bridgehead atoms. The van der Waals surface area contributed by atoms with Gasteiger partial charge in [0.1, 0.15) is 5.75 Å². The number of benzene rings is 2. The fourth-order valence-electron chi connectivity index (χ4n) is 2.19. The van der Waals surface area contributed by atoms with Crippen molar-refractivity contribution >= 4 is 11.6 Å². The maximum atomic E-state index is 12.8. The van der Waals surface area contributed by atoms with Crippen molar-refractivity contribution in [1.29, 1.82) is 0 Å². The summed E-state index contributed by atoms with van der Waals surface area (Å²) in [6.07, 6.45) is -3.84. The number of aryl methyl sites for hydroxylation is 1. The second kappa shape index (κ2) is 6.92. The molecule has 7 heteroatoms. The third-order valence-electron chi connectivity index (χ3n) is 3.53. The highest BCUT2D eigenvalue weighted by atomic mass is 19.4. The zero-order valence-electron chi connectivity index (χ0n) is 13.2. The molecule has 1 amide bonds. The highest BCUT2D eigenvalue weighted by Crippen LogP contribution is 2.31. The lowest BCUT2D eigenvalue weighted by Crippen LogP contribution is -2.37. The summed E-state index contributed by atoms with van der Waals surface area (Å²) in [5, 5.41) is 0.698. The Bertz CT molecular complexity index is 723. The summed E-state index contributed by atoms with van der Waals surface area (Å²) in [5.41, 5.74) is 0.181. The molecular weight excluding hydrogens is 321 g/mol. The van der Waals surface area contributed by atoms with E-state index in [0.29, 0.717) is 17.2 Å². The van der Waals surface area contributed by atoms with Crippen LogP contribution in [0.4, 0.5) is 18.9 Å². The van der Waals surface area contributed by atoms with E-state index >= 15 is 0 Å². The number of ether oxygens (including phenoxy) is 1. The van der Waals surface area contributed by atoms with Crippen molar-refractivity contribution in [2.75, 3.05) is 12.1 Å². The normalized spacial score (nSPS) is 11.2. The lowest BCUT2D eigenvalue weighted by atomic mass is 10.1. The van der Waals surface area contributed by atoms with Gasteiger partial charge in [-0.25, -0.2) is 10.9 Å². The zero-order valence-corrected chi connectivity index (χ0v) is 13.2. The van der Waals surface area contributed by atoms with Crippen molar-refractivity contribution in [2.45, 2.75) is 19.5 Å². The zero-order chi connectivity index (χ0) is 17.9. The van der Waals surface area contributed by atoms with Crippen molar-refractivity contribution in [3.8, 4) is 5.75 Å². The number of hydrogen-bond acceptors (Lipinski definition) is 3. The SMILES string of the molecule is CCc1cc(OC)cc(C(=O)N(N)c2cccc(C(F)(F)F)c2)c1. The summed E-state index contributed by atoms with van der Waals surface area (Å²) in [5.74, 6) is 5.60. The molecule has 0 saturated carbocycles. The molecule has 2 aromatic carbocycles. The summed E-state index contributed by atoms with van der Waals surface area (Å²) in [6.45, 7) is 1.91. The van der Waals surface area contributed by atoms with Crippen LogP contribution in [0.1, 0.15) is 28.4 Å². The molecule has 0 radical (unpaired) electrons. The van der Waals surface area contributed by atoms with Crippen molar-refractivity contribution < 1.29 is 22.7 Å². The summed E-state index contributed by atoms with van der Waals surface area (Å²) in [6, 6.07) is 9.21. The highest BCUT2D eigenvalue weighted by molar-refractivity contribution is 6.05. The van der Waals surface area contributed by atoms with Gasteiger partial charge in [0.05, 0.1) is 18.4 Å². The first-order chi connectivity index (χ1) is 11.3. The van der Waals surface area contributed by atoms with Crippen LogP contribution in [0.5, 0.6) is 5.75 Å². The molecule has 0 aliphatic rings. The monoisotopic (exact) mass is 338 g/mol. The molecule has 0 spiro atoms. The van der Waals surface area contributed by atoms with E-state index in [9.17, 15) is 18.0 Å². The second-order valence-corrected chi connectivity index (χ2v) is 5.15. The Labute approximate surface area is 137 Å². The maximum Gasteiger partial charge on any atom is 0.416 e. The van der Waals surface area contributed by atoms with Gasteiger partial charge >= 0.3 is 6.18 Å². The predicted octanol–water partition coefficient (Wildman–Crippen LogP) is 3.80. The van der Waals surface area contributed by atoms with E-state index in [2.05, 4.69) is 0 Å². The number of methoxy groups -OCH3 is 1. The minimum absolute atomic E-state index is 0.0457. The average molecular weight is 338 g/mol. The quantitative estimate of drug-likeness (QED) is 0.524. The van der Waals surface area contributed by atoms with Gasteiger partial charge in [-0.2, -0.15) is 13.2 Å². The van der Waals surface area contributed by atoms with Crippen LogP contribution in [0.3, 0.4) is 0 Å². The molecule has 0 aliphatic heterocycles. The number of rotatable bonds is 4. The van der Waals surface area contributed by atoms with Crippen LogP contribution in [0.2, 0.25) is 0 Å². The van der Waals surface area contributed by atoms with Gasteiger partial charge in [-0.1, -0.05) is 13.0 Å². The van der Waals surface area contributed by atoms with Crippen LogP contribution in [-0.4, -0.2) is 13.0 Å². The van der Waals surface area contributed by atoms with Crippen molar-refractivity contribution in [1.82, 2.24) is 0 Å². The molecule has 0 saturated heterocycles. The first kappa shape index (κ1) is 17.8. The number of alkyl halides is 3. The van der Waals surface area contributed by atoms with Crippen LogP contribution in [0.25, 0.3) is 0 Å². The first-order valence-electron chi connectivity index (χ1n) is 7.20. The van der Waals surface area contributed by atoms with E-state index in [-0.39, 0.29) is 11.3 Å². The topological polar surface area (TPSA) is 55.6 Å². The molecule has 0 aromatic heterocycles. The Morgan fingerprint density at radius 2 is 1.92 bits per heavy atom. The van der Waals surface area contributed by atoms with Crippen molar-refractivity contribution in [3.05, 3.63) is 59.2 Å². The molecule has 2 N–H and O–H groups in total. The van der Waals surface area contributed by atoms with Gasteiger partial charge in [0, 0.05) is 5.56 Å². The number of nitrogens with zero attached hydrogens (tertiary/aromatic N) is 1. The van der Waals surface area contributed by atoms with Gasteiger partial charge in [0.25, 0.3) is 5.91 Å². The summed E-state index contributed by atoms with van der Waals surface area (Å²) in [7, 11) is 1.47. The Morgan fingerprint density at radius 1 is 1.21 bits per heavy atom. The van der Waals surface area contributed by atoms with Gasteiger partial charge in [0.15, 0.2) is 0 Å². The minimum atomic E-state index is -4.51. The second-order valence-electron chi connectivity index (χ2n) is 5.15. The van der Waals surface area contributed by atoms with E-state index in [4.69, 9.17) is 10.6 Å². The molecule has 24 heavy (non-hydrogen) atoms. The number of carbonyl (C=O) groups is 1. The average Bonchev–Trinajstić information content (AvgIpc) is 2.59. The van der Waals surface area contributed by atoms with Crippen molar-refractivity contribution in [3.63, 3.8) is 0 Å². The van der Waals surface area contributed by atoms with Gasteiger partial charge in [0.2, 0.25) is 0 Å². The molecule has 0 atom stereocenters. The summed E-state index contributed by atoms with van der Waals surface area (Å²) >= 11 is 0. The molecule has 128 valence electrons. The minimum Gasteiger partial charge on any atom is -0.497 e. The molecule has 2 aromatic rings. The number of halogens is 3. The largest absolute Gasteiger partial charge is 0.497 e. The number of amides is 1.